The predicted octanol–water partition coefficient (Wildman–Crippen LogP) is 4.27. The molecule has 1 fully saturated rings. The van der Waals surface area contributed by atoms with Crippen LogP contribution in [0.1, 0.15) is 40.2 Å². The summed E-state index contributed by atoms with van der Waals surface area (Å²) in [4.78, 5) is 19.5. The molecule has 27 heavy (non-hydrogen) atoms. The van der Waals surface area contributed by atoms with Gasteiger partial charge in [-0.3, -0.25) is 9.78 Å². The molecule has 5 heteroatoms. The van der Waals surface area contributed by atoms with Gasteiger partial charge in [0, 0.05) is 30.3 Å². The van der Waals surface area contributed by atoms with Gasteiger partial charge in [0.05, 0.1) is 18.3 Å². The molecule has 3 aromatic rings. The number of pyridine rings is 1. The van der Waals surface area contributed by atoms with Crippen LogP contribution in [0, 0.1) is 13.8 Å². The highest BCUT2D eigenvalue weighted by molar-refractivity contribution is 5.99. The molecule has 2 aromatic heterocycles. The van der Waals surface area contributed by atoms with Crippen LogP contribution in [0.25, 0.3) is 11.0 Å². The van der Waals surface area contributed by atoms with Gasteiger partial charge in [-0.1, -0.05) is 17.7 Å². The van der Waals surface area contributed by atoms with Crippen molar-refractivity contribution in [2.24, 2.45) is 0 Å². The Morgan fingerprint density at radius 2 is 2.15 bits per heavy atom. The highest BCUT2D eigenvalue weighted by Gasteiger charge is 2.27. The molecule has 0 saturated carbocycles. The molecule has 0 aliphatic carbocycles. The monoisotopic (exact) mass is 364 g/mol. The van der Waals surface area contributed by atoms with Gasteiger partial charge in [-0.25, -0.2) is 0 Å². The van der Waals surface area contributed by atoms with Gasteiger partial charge in [0.1, 0.15) is 5.58 Å². The lowest BCUT2D eigenvalue weighted by Gasteiger charge is -2.24. The minimum absolute atomic E-state index is 0.0737. The van der Waals surface area contributed by atoms with Crippen LogP contribution in [-0.4, -0.2) is 35.0 Å². The highest BCUT2D eigenvalue weighted by atomic mass is 16.5. The Labute approximate surface area is 158 Å². The molecule has 3 heterocycles. The summed E-state index contributed by atoms with van der Waals surface area (Å²) in [6.07, 6.45) is 3.84. The zero-order valence-electron chi connectivity index (χ0n) is 15.8. The Morgan fingerprint density at radius 1 is 1.26 bits per heavy atom. The van der Waals surface area contributed by atoms with Crippen LogP contribution in [0.4, 0.5) is 0 Å². The van der Waals surface area contributed by atoms with Gasteiger partial charge in [0.15, 0.2) is 5.76 Å². The van der Waals surface area contributed by atoms with Gasteiger partial charge in [-0.05, 0) is 51.0 Å². The van der Waals surface area contributed by atoms with Gasteiger partial charge in [0.2, 0.25) is 0 Å². The van der Waals surface area contributed by atoms with Crippen LogP contribution < -0.4 is 0 Å². The van der Waals surface area contributed by atoms with Gasteiger partial charge in [-0.2, -0.15) is 0 Å². The van der Waals surface area contributed by atoms with E-state index in [1.165, 1.54) is 0 Å². The number of hydrogen-bond acceptors (Lipinski definition) is 4. The third kappa shape index (κ3) is 3.74. The third-order valence-corrected chi connectivity index (χ3v) is 5.10. The molecule has 1 aliphatic heterocycles. The van der Waals surface area contributed by atoms with E-state index < -0.39 is 0 Å². The summed E-state index contributed by atoms with van der Waals surface area (Å²) in [6, 6.07) is 11.7. The fourth-order valence-corrected chi connectivity index (χ4v) is 3.62. The minimum Gasteiger partial charge on any atom is -0.451 e. The fraction of sp³-hybridized carbons (Fsp3) is 0.364. The van der Waals surface area contributed by atoms with Gasteiger partial charge < -0.3 is 14.1 Å². The van der Waals surface area contributed by atoms with Crippen molar-refractivity contribution < 1.29 is 13.9 Å². The molecule has 140 valence electrons. The normalized spacial score (nSPS) is 16.7. The van der Waals surface area contributed by atoms with E-state index in [1.807, 2.05) is 44.2 Å². The average molecular weight is 364 g/mol. The van der Waals surface area contributed by atoms with E-state index in [-0.39, 0.29) is 12.0 Å². The van der Waals surface area contributed by atoms with E-state index in [1.54, 1.807) is 11.1 Å². The lowest BCUT2D eigenvalue weighted by Crippen LogP contribution is -2.37. The van der Waals surface area contributed by atoms with Crippen LogP contribution in [0.5, 0.6) is 0 Å². The second-order valence-corrected chi connectivity index (χ2v) is 7.20. The number of nitrogens with zero attached hydrogens (tertiary/aromatic N) is 2. The SMILES string of the molecule is Cc1ccc2oc(C(=O)N(Cc3ccccn3)CC3CCCO3)c(C)c2c1. The van der Waals surface area contributed by atoms with E-state index in [4.69, 9.17) is 9.15 Å². The number of carbonyl (C=O) groups excluding carboxylic acids is 1. The number of aryl methyl sites for hydroxylation is 2. The molecule has 0 spiro atoms. The number of rotatable bonds is 5. The third-order valence-electron chi connectivity index (χ3n) is 5.10. The van der Waals surface area contributed by atoms with Crippen molar-refractivity contribution in [1.82, 2.24) is 9.88 Å². The first-order valence-electron chi connectivity index (χ1n) is 9.42. The Bertz CT molecular complexity index is 943. The van der Waals surface area contributed by atoms with Crippen LogP contribution >= 0.6 is 0 Å². The van der Waals surface area contributed by atoms with E-state index in [2.05, 4.69) is 11.1 Å². The molecular weight excluding hydrogens is 340 g/mol. The number of aromatic nitrogens is 1. The molecule has 0 bridgehead atoms. The van der Waals surface area contributed by atoms with Crippen molar-refractivity contribution >= 4 is 16.9 Å². The molecule has 1 amide bonds. The lowest BCUT2D eigenvalue weighted by molar-refractivity contribution is 0.0482. The number of hydrogen-bond donors (Lipinski definition) is 0. The number of ether oxygens (including phenoxy) is 1. The number of fused-ring (bicyclic) bond motifs is 1. The summed E-state index contributed by atoms with van der Waals surface area (Å²) >= 11 is 0. The van der Waals surface area contributed by atoms with Crippen LogP contribution in [-0.2, 0) is 11.3 Å². The standard InChI is InChI=1S/C22H24N2O3/c1-15-8-9-20-19(12-15)16(2)21(27-20)22(25)24(14-18-7-5-11-26-18)13-17-6-3-4-10-23-17/h3-4,6,8-10,12,18H,5,7,11,13-14H2,1-2H3. The second kappa shape index (κ2) is 7.53. The first-order chi connectivity index (χ1) is 13.1. The van der Waals surface area contributed by atoms with E-state index in [0.717, 1.165) is 47.2 Å². The predicted molar refractivity (Wildman–Crippen MR) is 104 cm³/mol. The molecule has 1 saturated heterocycles. The fourth-order valence-electron chi connectivity index (χ4n) is 3.62. The smallest absolute Gasteiger partial charge is 0.290 e. The van der Waals surface area contributed by atoms with Gasteiger partial charge in [0.25, 0.3) is 5.91 Å². The number of furan rings is 1. The second-order valence-electron chi connectivity index (χ2n) is 7.20. The summed E-state index contributed by atoms with van der Waals surface area (Å²) < 4.78 is 11.7. The highest BCUT2D eigenvalue weighted by Crippen LogP contribution is 2.28. The average Bonchev–Trinajstić information content (AvgIpc) is 3.30. The quantitative estimate of drug-likeness (QED) is 0.678. The summed E-state index contributed by atoms with van der Waals surface area (Å²) in [5, 5.41) is 0.994. The maximum absolute atomic E-state index is 13.4. The van der Waals surface area contributed by atoms with Crippen LogP contribution in [0.2, 0.25) is 0 Å². The maximum atomic E-state index is 13.4. The summed E-state index contributed by atoms with van der Waals surface area (Å²) in [5.74, 6) is 0.298. The maximum Gasteiger partial charge on any atom is 0.290 e. The van der Waals surface area contributed by atoms with Crippen molar-refractivity contribution in [1.29, 1.82) is 0 Å². The molecule has 5 nitrogen and oxygen atoms in total. The van der Waals surface area contributed by atoms with Crippen LogP contribution in [0.3, 0.4) is 0 Å². The molecule has 4 rings (SSSR count). The lowest BCUT2D eigenvalue weighted by atomic mass is 10.1. The summed E-state index contributed by atoms with van der Waals surface area (Å²) in [7, 11) is 0. The Morgan fingerprint density at radius 3 is 2.89 bits per heavy atom. The molecule has 1 aliphatic rings. The topological polar surface area (TPSA) is 55.6 Å². The van der Waals surface area contributed by atoms with Crippen molar-refractivity contribution in [3.05, 3.63) is 65.2 Å². The molecule has 1 atom stereocenters. The summed E-state index contributed by atoms with van der Waals surface area (Å²) in [6.45, 7) is 5.74. The van der Waals surface area contributed by atoms with Gasteiger partial charge >= 0.3 is 0 Å². The van der Waals surface area contributed by atoms with Crippen molar-refractivity contribution in [3.8, 4) is 0 Å². The van der Waals surface area contributed by atoms with Gasteiger partial charge in [-0.15, -0.1) is 0 Å². The van der Waals surface area contributed by atoms with E-state index in [9.17, 15) is 4.79 Å². The van der Waals surface area contributed by atoms with Crippen LogP contribution in [0.15, 0.2) is 47.0 Å². The Hall–Kier alpha value is -2.66. The van der Waals surface area contributed by atoms with E-state index >= 15 is 0 Å². The van der Waals surface area contributed by atoms with Crippen molar-refractivity contribution in [2.45, 2.75) is 39.3 Å². The zero-order valence-corrected chi connectivity index (χ0v) is 15.8. The molecular formula is C22H24N2O3. The number of carbonyl (C=O) groups is 1. The van der Waals surface area contributed by atoms with Crippen molar-refractivity contribution in [2.75, 3.05) is 13.2 Å². The van der Waals surface area contributed by atoms with E-state index in [0.29, 0.717) is 18.8 Å². The molecule has 0 radical (unpaired) electrons. The first-order valence-corrected chi connectivity index (χ1v) is 9.42. The minimum atomic E-state index is -0.109. The largest absolute Gasteiger partial charge is 0.451 e. The molecule has 1 aromatic carbocycles. The molecule has 0 N–H and O–H groups in total. The summed E-state index contributed by atoms with van der Waals surface area (Å²) in [5.41, 5.74) is 3.64. The Balaban J connectivity index is 1.65. The zero-order chi connectivity index (χ0) is 18.8. The molecule has 1 unspecified atom stereocenters. The Kier molecular flexibility index (Phi) is 4.94. The first kappa shape index (κ1) is 17.7. The number of amides is 1. The number of benzene rings is 1. The van der Waals surface area contributed by atoms with Crippen molar-refractivity contribution in [3.63, 3.8) is 0 Å².